The number of hydrogen-bond acceptors (Lipinski definition) is 1. The predicted molar refractivity (Wildman–Crippen MR) is 133 cm³/mol. The van der Waals surface area contributed by atoms with Crippen molar-refractivity contribution in [1.29, 1.82) is 0 Å². The highest BCUT2D eigenvalue weighted by Crippen LogP contribution is 2.14. The zero-order valence-electron chi connectivity index (χ0n) is 20.5. The molecular weight excluding hydrogens is 368 g/mol. The highest BCUT2D eigenvalue weighted by atomic mass is 16.4. The van der Waals surface area contributed by atoms with E-state index in [2.05, 4.69) is 19.1 Å². The van der Waals surface area contributed by atoms with Gasteiger partial charge in [-0.3, -0.25) is 4.79 Å². The summed E-state index contributed by atoms with van der Waals surface area (Å²) in [4.78, 5) is 10.4. The minimum atomic E-state index is -0.660. The normalized spacial score (nSPS) is 11.5. The molecule has 0 heterocycles. The fraction of sp³-hybridized carbons (Fsp3) is 0.893. The molecule has 0 aliphatic heterocycles. The summed E-state index contributed by atoms with van der Waals surface area (Å²) in [5, 5.41) is 8.59. The third kappa shape index (κ3) is 27.2. The molecule has 0 saturated carbocycles. The van der Waals surface area contributed by atoms with Crippen LogP contribution in [0.3, 0.4) is 0 Å². The highest BCUT2D eigenvalue weighted by molar-refractivity contribution is 5.66. The van der Waals surface area contributed by atoms with Crippen LogP contribution in [0.1, 0.15) is 161 Å². The topological polar surface area (TPSA) is 37.3 Å². The molecule has 0 rings (SSSR count). The molecule has 0 atom stereocenters. The number of carboxylic acids is 1. The summed E-state index contributed by atoms with van der Waals surface area (Å²) < 4.78 is 0. The van der Waals surface area contributed by atoms with Gasteiger partial charge in [0.15, 0.2) is 0 Å². The molecule has 0 aromatic carbocycles. The second kappa shape index (κ2) is 26.2. The largest absolute Gasteiger partial charge is 0.481 e. The van der Waals surface area contributed by atoms with Gasteiger partial charge in [0.1, 0.15) is 0 Å². The molecule has 178 valence electrons. The number of unbranched alkanes of at least 4 members (excludes halogenated alkanes) is 21. The van der Waals surface area contributed by atoms with Gasteiger partial charge in [-0.15, -0.1) is 0 Å². The second-order valence-corrected chi connectivity index (χ2v) is 9.26. The first kappa shape index (κ1) is 29.2. The van der Waals surface area contributed by atoms with Gasteiger partial charge in [-0.05, 0) is 32.1 Å². The fourth-order valence-electron chi connectivity index (χ4n) is 4.11. The Bertz CT molecular complexity index is 362. The lowest BCUT2D eigenvalue weighted by Crippen LogP contribution is -1.93. The third-order valence-electron chi connectivity index (χ3n) is 6.15. The standard InChI is InChI=1S/C28H54O2/c1-2-3-4-5-6-7-8-9-10-11-12-13-14-15-16-17-18-19-20-21-22-23-24-25-26-27-28(29)30/h19-20H,2-18,21-27H2,1H3,(H,29,30)/b20-19+. The summed E-state index contributed by atoms with van der Waals surface area (Å²) in [5.74, 6) is -0.660. The number of aliphatic carboxylic acids is 1. The molecule has 0 aromatic heterocycles. The smallest absolute Gasteiger partial charge is 0.303 e. The van der Waals surface area contributed by atoms with Gasteiger partial charge in [-0.1, -0.05) is 135 Å². The number of carbonyl (C=O) groups is 1. The van der Waals surface area contributed by atoms with E-state index in [0.717, 1.165) is 12.8 Å². The Morgan fingerprint density at radius 2 is 0.800 bits per heavy atom. The van der Waals surface area contributed by atoms with E-state index in [-0.39, 0.29) is 0 Å². The molecule has 2 nitrogen and oxygen atoms in total. The first-order valence-corrected chi connectivity index (χ1v) is 13.6. The van der Waals surface area contributed by atoms with Crippen LogP contribution < -0.4 is 0 Å². The lowest BCUT2D eigenvalue weighted by atomic mass is 10.0. The maximum atomic E-state index is 10.4. The third-order valence-corrected chi connectivity index (χ3v) is 6.15. The molecule has 1 N–H and O–H groups in total. The Kier molecular flexibility index (Phi) is 25.6. The Morgan fingerprint density at radius 3 is 1.13 bits per heavy atom. The molecule has 0 bridgehead atoms. The van der Waals surface area contributed by atoms with Crippen molar-refractivity contribution in [2.45, 2.75) is 161 Å². The lowest BCUT2D eigenvalue weighted by molar-refractivity contribution is -0.137. The van der Waals surface area contributed by atoms with Crippen molar-refractivity contribution in [3.05, 3.63) is 12.2 Å². The second-order valence-electron chi connectivity index (χ2n) is 9.26. The first-order valence-electron chi connectivity index (χ1n) is 13.6. The molecule has 0 aliphatic rings. The molecule has 0 aliphatic carbocycles. The van der Waals surface area contributed by atoms with E-state index in [1.165, 1.54) is 135 Å². The van der Waals surface area contributed by atoms with Crippen LogP contribution in [0.4, 0.5) is 0 Å². The molecular formula is C28H54O2. The SMILES string of the molecule is CCCCCCCCCCCCCCCCCC/C=C/CCCCCCCC(=O)O. The number of hydrogen-bond donors (Lipinski definition) is 1. The van der Waals surface area contributed by atoms with E-state index in [4.69, 9.17) is 5.11 Å². The van der Waals surface area contributed by atoms with E-state index in [1.807, 2.05) is 0 Å². The Labute approximate surface area is 189 Å². The highest BCUT2D eigenvalue weighted by Gasteiger charge is 1.96. The number of carboxylic acid groups (broad SMARTS) is 1. The summed E-state index contributed by atoms with van der Waals surface area (Å²) in [6, 6.07) is 0. The summed E-state index contributed by atoms with van der Waals surface area (Å²) in [6.07, 6.45) is 36.0. The van der Waals surface area contributed by atoms with Crippen molar-refractivity contribution in [1.82, 2.24) is 0 Å². The number of allylic oxidation sites excluding steroid dienone is 2. The molecule has 30 heavy (non-hydrogen) atoms. The van der Waals surface area contributed by atoms with Gasteiger partial charge in [-0.2, -0.15) is 0 Å². The molecule has 0 aromatic rings. The van der Waals surface area contributed by atoms with Gasteiger partial charge in [-0.25, -0.2) is 0 Å². The van der Waals surface area contributed by atoms with E-state index in [1.54, 1.807) is 0 Å². The summed E-state index contributed by atoms with van der Waals surface area (Å²) in [7, 11) is 0. The molecule has 2 heteroatoms. The predicted octanol–water partition coefficient (Wildman–Crippen LogP) is 10.0. The van der Waals surface area contributed by atoms with Crippen LogP contribution in [0.2, 0.25) is 0 Å². The Balaban J connectivity index is 3.07. The van der Waals surface area contributed by atoms with Crippen molar-refractivity contribution >= 4 is 5.97 Å². The molecule has 0 saturated heterocycles. The van der Waals surface area contributed by atoms with E-state index in [9.17, 15) is 4.79 Å². The van der Waals surface area contributed by atoms with Crippen LogP contribution in [0.25, 0.3) is 0 Å². The average Bonchev–Trinajstić information content (AvgIpc) is 2.73. The van der Waals surface area contributed by atoms with E-state index >= 15 is 0 Å². The van der Waals surface area contributed by atoms with E-state index in [0.29, 0.717) is 6.42 Å². The quantitative estimate of drug-likeness (QED) is 0.117. The zero-order chi connectivity index (χ0) is 22.0. The number of rotatable bonds is 25. The van der Waals surface area contributed by atoms with Crippen LogP contribution in [0.15, 0.2) is 12.2 Å². The van der Waals surface area contributed by atoms with Crippen molar-refractivity contribution < 1.29 is 9.90 Å². The van der Waals surface area contributed by atoms with Crippen LogP contribution in [0.5, 0.6) is 0 Å². The molecule has 0 radical (unpaired) electrons. The maximum Gasteiger partial charge on any atom is 0.303 e. The Morgan fingerprint density at radius 1 is 0.500 bits per heavy atom. The molecule has 0 spiro atoms. The lowest BCUT2D eigenvalue weighted by Gasteiger charge is -2.03. The average molecular weight is 423 g/mol. The van der Waals surface area contributed by atoms with Crippen LogP contribution in [0, 0.1) is 0 Å². The van der Waals surface area contributed by atoms with Gasteiger partial charge >= 0.3 is 5.97 Å². The van der Waals surface area contributed by atoms with Crippen LogP contribution >= 0.6 is 0 Å². The van der Waals surface area contributed by atoms with Gasteiger partial charge < -0.3 is 5.11 Å². The Hall–Kier alpha value is -0.790. The maximum absolute atomic E-state index is 10.4. The van der Waals surface area contributed by atoms with Gasteiger partial charge in [0.25, 0.3) is 0 Å². The van der Waals surface area contributed by atoms with Crippen molar-refractivity contribution in [2.24, 2.45) is 0 Å². The summed E-state index contributed by atoms with van der Waals surface area (Å²) >= 11 is 0. The zero-order valence-corrected chi connectivity index (χ0v) is 20.5. The van der Waals surface area contributed by atoms with Gasteiger partial charge in [0.2, 0.25) is 0 Å². The van der Waals surface area contributed by atoms with E-state index < -0.39 is 5.97 Å². The van der Waals surface area contributed by atoms with Crippen molar-refractivity contribution in [3.63, 3.8) is 0 Å². The minimum Gasteiger partial charge on any atom is -0.481 e. The minimum absolute atomic E-state index is 0.333. The molecule has 0 amide bonds. The van der Waals surface area contributed by atoms with Crippen LogP contribution in [-0.2, 0) is 4.79 Å². The summed E-state index contributed by atoms with van der Waals surface area (Å²) in [6.45, 7) is 2.29. The molecule has 0 unspecified atom stereocenters. The van der Waals surface area contributed by atoms with Crippen molar-refractivity contribution in [3.8, 4) is 0 Å². The monoisotopic (exact) mass is 422 g/mol. The van der Waals surface area contributed by atoms with Crippen molar-refractivity contribution in [2.75, 3.05) is 0 Å². The van der Waals surface area contributed by atoms with Gasteiger partial charge in [0.05, 0.1) is 0 Å². The van der Waals surface area contributed by atoms with Gasteiger partial charge in [0, 0.05) is 6.42 Å². The summed E-state index contributed by atoms with van der Waals surface area (Å²) in [5.41, 5.74) is 0. The molecule has 0 fully saturated rings. The van der Waals surface area contributed by atoms with Crippen LogP contribution in [-0.4, -0.2) is 11.1 Å². The fourth-order valence-corrected chi connectivity index (χ4v) is 4.11. The first-order chi connectivity index (χ1) is 14.8.